The molecule has 0 aliphatic heterocycles. The zero-order valence-electron chi connectivity index (χ0n) is 21.9. The molecule has 4 aromatic heterocycles. The Kier molecular flexibility index (Phi) is 4.07. The zero-order valence-corrected chi connectivity index (χ0v) is 22.7. The van der Waals surface area contributed by atoms with E-state index in [1.807, 2.05) is 11.3 Å². The van der Waals surface area contributed by atoms with E-state index in [-0.39, 0.29) is 0 Å². The lowest BCUT2D eigenvalue weighted by atomic mass is 10.0. The molecule has 0 saturated heterocycles. The first-order valence-electron chi connectivity index (χ1n) is 13.9. The van der Waals surface area contributed by atoms with Crippen molar-refractivity contribution in [3.63, 3.8) is 0 Å². The molecule has 3 nitrogen and oxygen atoms in total. The third-order valence-electron chi connectivity index (χ3n) is 8.66. The minimum absolute atomic E-state index is 1.01. The topological polar surface area (TPSA) is 22.2 Å². The van der Waals surface area contributed by atoms with Crippen molar-refractivity contribution in [2.24, 2.45) is 0 Å². The first kappa shape index (κ1) is 21.6. The molecule has 0 amide bonds. The van der Waals surface area contributed by atoms with Crippen molar-refractivity contribution in [1.82, 2.24) is 14.0 Å². The predicted octanol–water partition coefficient (Wildman–Crippen LogP) is 10.3. The lowest BCUT2D eigenvalue weighted by Crippen LogP contribution is -1.97. The van der Waals surface area contributed by atoms with Gasteiger partial charge in [0.2, 0.25) is 0 Å². The van der Waals surface area contributed by atoms with Crippen molar-refractivity contribution in [3.05, 3.63) is 127 Å². The average Bonchev–Trinajstić information content (AvgIpc) is 3.70. The standard InChI is InChI=1S/C37H21N3S/c1-2-10-22(11-3-1)39-30-15-7-4-12-23(30)25-18-19-32-35(36(25)39)27-20-26-24-13-5-9-17-33(24)41-34(26)21-28(27)37-38-29-14-6-8-16-31(29)40(32)37/h1-21H. The number of fused-ring (bicyclic) bond motifs is 15. The van der Waals surface area contributed by atoms with Gasteiger partial charge >= 0.3 is 0 Å². The molecule has 4 heteroatoms. The molecule has 10 rings (SSSR count). The van der Waals surface area contributed by atoms with E-state index < -0.39 is 0 Å². The monoisotopic (exact) mass is 539 g/mol. The van der Waals surface area contributed by atoms with E-state index in [0.717, 1.165) is 22.4 Å². The van der Waals surface area contributed by atoms with E-state index in [2.05, 4.69) is 136 Å². The van der Waals surface area contributed by atoms with Gasteiger partial charge in [0.1, 0.15) is 5.65 Å². The maximum Gasteiger partial charge on any atom is 0.146 e. The van der Waals surface area contributed by atoms with Crippen LogP contribution in [-0.2, 0) is 0 Å². The SMILES string of the molecule is c1ccc(-n2c3ccccc3c3ccc4c(c5cc6c(cc5c5nc7ccccc7n45)sc4ccccc46)c32)cc1. The molecule has 41 heavy (non-hydrogen) atoms. The Morgan fingerprint density at radius 3 is 2.15 bits per heavy atom. The number of imidazole rings is 1. The van der Waals surface area contributed by atoms with E-state index in [1.165, 1.54) is 63.7 Å². The Morgan fingerprint density at radius 1 is 0.488 bits per heavy atom. The number of hydrogen-bond acceptors (Lipinski definition) is 2. The van der Waals surface area contributed by atoms with Gasteiger partial charge in [0.05, 0.1) is 27.6 Å². The quantitative estimate of drug-likeness (QED) is 0.190. The largest absolute Gasteiger partial charge is 0.309 e. The summed E-state index contributed by atoms with van der Waals surface area (Å²) in [6, 6.07) is 46.2. The number of para-hydroxylation sites is 4. The molecule has 0 bridgehead atoms. The fourth-order valence-corrected chi connectivity index (χ4v) is 8.08. The second-order valence-electron chi connectivity index (χ2n) is 10.8. The summed E-state index contributed by atoms with van der Waals surface area (Å²) in [5, 5.41) is 8.82. The van der Waals surface area contributed by atoms with Crippen LogP contribution in [0.25, 0.3) is 86.0 Å². The van der Waals surface area contributed by atoms with Crippen LogP contribution in [-0.4, -0.2) is 14.0 Å². The van der Waals surface area contributed by atoms with Crippen LogP contribution in [0.4, 0.5) is 0 Å². The van der Waals surface area contributed by atoms with Crippen LogP contribution in [0, 0.1) is 0 Å². The van der Waals surface area contributed by atoms with E-state index >= 15 is 0 Å². The highest BCUT2D eigenvalue weighted by atomic mass is 32.1. The fraction of sp³-hybridized carbons (Fsp3) is 0. The zero-order chi connectivity index (χ0) is 26.7. The Bertz CT molecular complexity index is 2690. The van der Waals surface area contributed by atoms with Gasteiger partial charge in [-0.1, -0.05) is 72.8 Å². The molecule has 10 aromatic rings. The second-order valence-corrected chi connectivity index (χ2v) is 11.9. The van der Waals surface area contributed by atoms with Crippen molar-refractivity contribution >= 4 is 91.7 Å². The third kappa shape index (κ3) is 2.75. The Morgan fingerprint density at radius 2 is 1.24 bits per heavy atom. The van der Waals surface area contributed by atoms with Crippen LogP contribution >= 0.6 is 11.3 Å². The molecule has 0 fully saturated rings. The first-order valence-corrected chi connectivity index (χ1v) is 14.7. The van der Waals surface area contributed by atoms with Crippen LogP contribution in [0.2, 0.25) is 0 Å². The smallest absolute Gasteiger partial charge is 0.146 e. The minimum Gasteiger partial charge on any atom is -0.309 e. The van der Waals surface area contributed by atoms with Crippen LogP contribution < -0.4 is 0 Å². The first-order chi connectivity index (χ1) is 20.3. The lowest BCUT2D eigenvalue weighted by Gasteiger charge is -2.14. The van der Waals surface area contributed by atoms with Crippen molar-refractivity contribution in [2.45, 2.75) is 0 Å². The van der Waals surface area contributed by atoms with Crippen LogP contribution in [0.3, 0.4) is 0 Å². The number of nitrogens with zero attached hydrogens (tertiary/aromatic N) is 3. The van der Waals surface area contributed by atoms with Gasteiger partial charge in [0.15, 0.2) is 0 Å². The van der Waals surface area contributed by atoms with Gasteiger partial charge in [-0.05, 0) is 60.0 Å². The summed E-state index contributed by atoms with van der Waals surface area (Å²) in [6.07, 6.45) is 0. The molecule has 0 radical (unpaired) electrons. The van der Waals surface area contributed by atoms with Crippen LogP contribution in [0.5, 0.6) is 0 Å². The molecule has 0 aliphatic carbocycles. The maximum atomic E-state index is 5.22. The van der Waals surface area contributed by atoms with Crippen molar-refractivity contribution < 1.29 is 0 Å². The Labute approximate surface area is 238 Å². The maximum absolute atomic E-state index is 5.22. The normalized spacial score (nSPS) is 12.4. The van der Waals surface area contributed by atoms with Crippen molar-refractivity contribution in [3.8, 4) is 5.69 Å². The number of thiophene rings is 1. The lowest BCUT2D eigenvalue weighted by molar-refractivity contribution is 1.19. The Balaban J connectivity index is 1.56. The second kappa shape index (κ2) is 7.72. The van der Waals surface area contributed by atoms with Gasteiger partial charge in [0, 0.05) is 47.4 Å². The van der Waals surface area contributed by atoms with Crippen LogP contribution in [0.15, 0.2) is 127 Å². The molecule has 0 aliphatic rings. The number of benzene rings is 6. The van der Waals surface area contributed by atoms with Crippen molar-refractivity contribution in [1.29, 1.82) is 0 Å². The molecular formula is C37H21N3S. The van der Waals surface area contributed by atoms with Crippen molar-refractivity contribution in [2.75, 3.05) is 0 Å². The number of rotatable bonds is 1. The molecular weight excluding hydrogens is 518 g/mol. The van der Waals surface area contributed by atoms with Gasteiger partial charge in [-0.2, -0.15) is 0 Å². The molecule has 0 atom stereocenters. The summed E-state index contributed by atoms with van der Waals surface area (Å²) < 4.78 is 7.43. The average molecular weight is 540 g/mol. The van der Waals surface area contributed by atoms with Gasteiger partial charge in [-0.3, -0.25) is 4.40 Å². The molecule has 4 heterocycles. The van der Waals surface area contributed by atoms with E-state index in [0.29, 0.717) is 0 Å². The molecule has 0 spiro atoms. The summed E-state index contributed by atoms with van der Waals surface area (Å²) in [5.41, 5.74) is 7.94. The Hall–Kier alpha value is -5.19. The minimum atomic E-state index is 1.01. The highest BCUT2D eigenvalue weighted by molar-refractivity contribution is 7.25. The van der Waals surface area contributed by atoms with Crippen LogP contribution in [0.1, 0.15) is 0 Å². The summed E-state index contributed by atoms with van der Waals surface area (Å²) in [4.78, 5) is 5.22. The van der Waals surface area contributed by atoms with Gasteiger partial charge in [-0.15, -0.1) is 11.3 Å². The van der Waals surface area contributed by atoms with Gasteiger partial charge < -0.3 is 4.57 Å². The summed E-state index contributed by atoms with van der Waals surface area (Å²) in [7, 11) is 0. The number of pyridine rings is 1. The third-order valence-corrected chi connectivity index (χ3v) is 9.79. The molecule has 6 aromatic carbocycles. The number of aromatic nitrogens is 3. The van der Waals surface area contributed by atoms with E-state index in [4.69, 9.17) is 4.98 Å². The molecule has 0 N–H and O–H groups in total. The molecule has 190 valence electrons. The number of hydrogen-bond donors (Lipinski definition) is 0. The fourth-order valence-electron chi connectivity index (χ4n) is 6.96. The summed E-state index contributed by atoms with van der Waals surface area (Å²) in [5.74, 6) is 0. The van der Waals surface area contributed by atoms with Gasteiger partial charge in [0.25, 0.3) is 0 Å². The summed E-state index contributed by atoms with van der Waals surface area (Å²) in [6.45, 7) is 0. The van der Waals surface area contributed by atoms with E-state index in [9.17, 15) is 0 Å². The summed E-state index contributed by atoms with van der Waals surface area (Å²) >= 11 is 1.86. The molecule has 0 unspecified atom stereocenters. The predicted molar refractivity (Wildman–Crippen MR) is 175 cm³/mol. The van der Waals surface area contributed by atoms with Gasteiger partial charge in [-0.25, -0.2) is 4.98 Å². The highest BCUT2D eigenvalue weighted by Crippen LogP contribution is 2.44. The molecule has 0 saturated carbocycles. The van der Waals surface area contributed by atoms with E-state index in [1.54, 1.807) is 0 Å². The highest BCUT2D eigenvalue weighted by Gasteiger charge is 2.21.